The minimum atomic E-state index is -0.875. The van der Waals surface area contributed by atoms with Gasteiger partial charge in [0.2, 0.25) is 5.91 Å². The summed E-state index contributed by atoms with van der Waals surface area (Å²) in [5.41, 5.74) is 6.19. The van der Waals surface area contributed by atoms with Crippen molar-refractivity contribution in [2.75, 3.05) is 19.7 Å². The van der Waals surface area contributed by atoms with E-state index in [1.54, 1.807) is 16.6 Å². The molecule has 5 rings (SSSR count). The second-order valence-electron chi connectivity index (χ2n) is 8.90. The first-order chi connectivity index (χ1) is 17.0. The molecule has 2 N–H and O–H groups in total. The van der Waals surface area contributed by atoms with Gasteiger partial charge in [-0.2, -0.15) is 0 Å². The number of ether oxygens (including phenoxy) is 1. The normalized spacial score (nSPS) is 15.6. The van der Waals surface area contributed by atoms with E-state index in [0.717, 1.165) is 27.1 Å². The van der Waals surface area contributed by atoms with Crippen LogP contribution < -0.4 is 5.32 Å². The maximum atomic E-state index is 13.1. The average molecular weight is 492 g/mol. The second kappa shape index (κ2) is 9.87. The molecule has 0 radical (unpaired) electrons. The van der Waals surface area contributed by atoms with Crippen LogP contribution in [0.2, 0.25) is 0 Å². The van der Waals surface area contributed by atoms with Gasteiger partial charge in [0.05, 0.1) is 11.9 Å². The number of carboxylic acid groups (broad SMARTS) is 1. The SMILES string of the molecule is O=C(O)CC1CN(C(=O)C(Cc2cncs2)NC(=O)OCC2c3ccccc3-c3ccccc32)C1. The van der Waals surface area contributed by atoms with Gasteiger partial charge in [-0.15, -0.1) is 11.3 Å². The summed E-state index contributed by atoms with van der Waals surface area (Å²) < 4.78 is 5.63. The van der Waals surface area contributed by atoms with Gasteiger partial charge in [-0.1, -0.05) is 48.5 Å². The van der Waals surface area contributed by atoms with Crippen molar-refractivity contribution in [2.45, 2.75) is 24.8 Å². The molecule has 9 heteroatoms. The summed E-state index contributed by atoms with van der Waals surface area (Å²) >= 11 is 1.41. The minimum Gasteiger partial charge on any atom is -0.481 e. The van der Waals surface area contributed by atoms with Crippen LogP contribution in [-0.2, 0) is 20.7 Å². The van der Waals surface area contributed by atoms with E-state index in [0.29, 0.717) is 19.5 Å². The lowest BCUT2D eigenvalue weighted by Gasteiger charge is -2.40. The Kier molecular flexibility index (Phi) is 6.50. The maximum absolute atomic E-state index is 13.1. The summed E-state index contributed by atoms with van der Waals surface area (Å²) in [5.74, 6) is -1.25. The van der Waals surface area contributed by atoms with Gasteiger partial charge in [-0.3, -0.25) is 14.6 Å². The molecule has 0 bridgehead atoms. The standard InChI is InChI=1S/C26H25N3O5S/c30-24(31)9-16-12-29(13-16)25(32)23(10-17-11-27-15-35-17)28-26(33)34-14-22-20-7-3-1-5-18(20)19-6-2-4-8-21(19)22/h1-8,11,15-16,22-23H,9-10,12-14H2,(H,28,33)(H,30,31). The number of aliphatic carboxylic acids is 1. The third-order valence-electron chi connectivity index (χ3n) is 6.55. The molecule has 0 saturated carbocycles. The number of hydrogen-bond acceptors (Lipinski definition) is 6. The monoisotopic (exact) mass is 491 g/mol. The number of aromatic nitrogens is 1. The van der Waals surface area contributed by atoms with E-state index in [9.17, 15) is 14.4 Å². The first-order valence-electron chi connectivity index (χ1n) is 11.5. The smallest absolute Gasteiger partial charge is 0.407 e. The Morgan fingerprint density at radius 2 is 1.74 bits per heavy atom. The van der Waals surface area contributed by atoms with Gasteiger partial charge >= 0.3 is 12.1 Å². The zero-order valence-electron chi connectivity index (χ0n) is 18.9. The third-order valence-corrected chi connectivity index (χ3v) is 7.36. The van der Waals surface area contributed by atoms with Crippen LogP contribution in [0, 0.1) is 5.92 Å². The van der Waals surface area contributed by atoms with Crippen molar-refractivity contribution in [2.24, 2.45) is 5.92 Å². The van der Waals surface area contributed by atoms with Gasteiger partial charge in [-0.25, -0.2) is 4.79 Å². The highest BCUT2D eigenvalue weighted by molar-refractivity contribution is 7.09. The first kappa shape index (κ1) is 23.0. The summed E-state index contributed by atoms with van der Waals surface area (Å²) in [6.45, 7) is 0.902. The fourth-order valence-electron chi connectivity index (χ4n) is 4.87. The lowest BCUT2D eigenvalue weighted by Crippen LogP contribution is -2.57. The van der Waals surface area contributed by atoms with Crippen molar-refractivity contribution in [1.82, 2.24) is 15.2 Å². The number of carbonyl (C=O) groups excluding carboxylic acids is 2. The Morgan fingerprint density at radius 1 is 1.09 bits per heavy atom. The highest BCUT2D eigenvalue weighted by Crippen LogP contribution is 2.44. The summed E-state index contributed by atoms with van der Waals surface area (Å²) in [5, 5.41) is 11.7. The molecule has 35 heavy (non-hydrogen) atoms. The van der Waals surface area contributed by atoms with Gasteiger partial charge < -0.3 is 20.1 Å². The molecule has 180 valence electrons. The van der Waals surface area contributed by atoms with Crippen molar-refractivity contribution >= 4 is 29.3 Å². The van der Waals surface area contributed by atoms with Crippen LogP contribution in [0.25, 0.3) is 11.1 Å². The molecule has 1 unspecified atom stereocenters. The molecular weight excluding hydrogens is 466 g/mol. The molecule has 1 aromatic heterocycles. The Balaban J connectivity index is 1.24. The molecule has 2 heterocycles. The molecule has 1 aliphatic heterocycles. The predicted octanol–water partition coefficient (Wildman–Crippen LogP) is 3.53. The van der Waals surface area contributed by atoms with E-state index in [2.05, 4.69) is 34.6 Å². The lowest BCUT2D eigenvalue weighted by molar-refractivity contribution is -0.146. The number of nitrogens with zero attached hydrogens (tertiary/aromatic N) is 2. The Hall–Kier alpha value is -3.72. The van der Waals surface area contributed by atoms with E-state index < -0.39 is 18.1 Å². The molecule has 2 amide bonds. The highest BCUT2D eigenvalue weighted by Gasteiger charge is 2.37. The molecule has 0 spiro atoms. The first-order valence-corrected chi connectivity index (χ1v) is 12.4. The average Bonchev–Trinajstić information content (AvgIpc) is 3.45. The summed E-state index contributed by atoms with van der Waals surface area (Å²) in [7, 11) is 0. The van der Waals surface area contributed by atoms with Crippen LogP contribution in [0.15, 0.2) is 60.2 Å². The molecular formula is C26H25N3O5S. The van der Waals surface area contributed by atoms with Crippen LogP contribution in [0.4, 0.5) is 4.79 Å². The molecule has 3 aromatic rings. The maximum Gasteiger partial charge on any atom is 0.407 e. The fraction of sp³-hybridized carbons (Fsp3) is 0.308. The molecule has 1 atom stereocenters. The quantitative estimate of drug-likeness (QED) is 0.499. The molecule has 1 fully saturated rings. The van der Waals surface area contributed by atoms with E-state index >= 15 is 0 Å². The lowest BCUT2D eigenvalue weighted by atomic mass is 9.95. The van der Waals surface area contributed by atoms with Crippen molar-refractivity contribution < 1.29 is 24.2 Å². The molecule has 1 saturated heterocycles. The van der Waals surface area contributed by atoms with Crippen molar-refractivity contribution in [3.8, 4) is 11.1 Å². The number of alkyl carbamates (subject to hydrolysis) is 1. The molecule has 2 aromatic carbocycles. The highest BCUT2D eigenvalue weighted by atomic mass is 32.1. The fourth-order valence-corrected chi connectivity index (χ4v) is 5.51. The van der Waals surface area contributed by atoms with Gasteiger partial charge in [0.15, 0.2) is 0 Å². The number of thiazole rings is 1. The van der Waals surface area contributed by atoms with Gasteiger partial charge in [0, 0.05) is 42.4 Å². The van der Waals surface area contributed by atoms with Crippen LogP contribution in [0.5, 0.6) is 0 Å². The molecule has 8 nitrogen and oxygen atoms in total. The number of rotatable bonds is 8. The Bertz CT molecular complexity index is 1190. The van der Waals surface area contributed by atoms with Crippen LogP contribution in [0.3, 0.4) is 0 Å². The number of nitrogens with one attached hydrogen (secondary N) is 1. The predicted molar refractivity (Wildman–Crippen MR) is 130 cm³/mol. The van der Waals surface area contributed by atoms with Gasteiger partial charge in [-0.05, 0) is 22.3 Å². The van der Waals surface area contributed by atoms with Crippen LogP contribution in [0.1, 0.15) is 28.3 Å². The Morgan fingerprint density at radius 3 is 2.34 bits per heavy atom. The number of benzene rings is 2. The third kappa shape index (κ3) is 4.90. The zero-order chi connectivity index (χ0) is 24.4. The number of hydrogen-bond donors (Lipinski definition) is 2. The second-order valence-corrected chi connectivity index (χ2v) is 9.87. The van der Waals surface area contributed by atoms with E-state index in [1.165, 1.54) is 11.3 Å². The van der Waals surface area contributed by atoms with Crippen molar-refractivity contribution in [1.29, 1.82) is 0 Å². The van der Waals surface area contributed by atoms with Gasteiger partial charge in [0.1, 0.15) is 12.6 Å². The summed E-state index contributed by atoms with van der Waals surface area (Å²) in [6, 6.07) is 15.4. The number of fused-ring (bicyclic) bond motifs is 3. The van der Waals surface area contributed by atoms with Crippen molar-refractivity contribution in [3.63, 3.8) is 0 Å². The van der Waals surface area contributed by atoms with E-state index in [1.807, 2.05) is 24.3 Å². The van der Waals surface area contributed by atoms with E-state index in [4.69, 9.17) is 9.84 Å². The number of carbonyl (C=O) groups is 3. The zero-order valence-corrected chi connectivity index (χ0v) is 19.7. The summed E-state index contributed by atoms with van der Waals surface area (Å²) in [4.78, 5) is 43.3. The number of carboxylic acids is 1. The number of likely N-dealkylation sites (tertiary alicyclic amines) is 1. The molecule has 1 aliphatic carbocycles. The largest absolute Gasteiger partial charge is 0.481 e. The Labute approximate surface area is 206 Å². The molecule has 2 aliphatic rings. The van der Waals surface area contributed by atoms with Crippen LogP contribution >= 0.6 is 11.3 Å². The van der Waals surface area contributed by atoms with Crippen LogP contribution in [-0.4, -0.2) is 58.7 Å². The number of amides is 2. The minimum absolute atomic E-state index is 0.0309. The van der Waals surface area contributed by atoms with Crippen molar-refractivity contribution in [3.05, 3.63) is 76.2 Å². The summed E-state index contributed by atoms with van der Waals surface area (Å²) in [6.07, 6.45) is 1.35. The van der Waals surface area contributed by atoms with Gasteiger partial charge in [0.25, 0.3) is 0 Å². The van der Waals surface area contributed by atoms with E-state index in [-0.39, 0.29) is 30.8 Å². The topological polar surface area (TPSA) is 109 Å².